The summed E-state index contributed by atoms with van der Waals surface area (Å²) < 4.78 is 18.3. The molecule has 0 saturated heterocycles. The van der Waals surface area contributed by atoms with Crippen molar-refractivity contribution in [1.29, 1.82) is 0 Å². The Morgan fingerprint density at radius 3 is 2.86 bits per heavy atom. The SMILES string of the molecule is CCOc1c(F)cc(/C=N\O)cc1Cl. The predicted molar refractivity (Wildman–Crippen MR) is 52.0 cm³/mol. The molecule has 0 unspecified atom stereocenters. The van der Waals surface area contributed by atoms with Gasteiger partial charge in [0.15, 0.2) is 11.6 Å². The fourth-order valence-corrected chi connectivity index (χ4v) is 1.27. The molecule has 0 aliphatic heterocycles. The Morgan fingerprint density at radius 1 is 1.64 bits per heavy atom. The van der Waals surface area contributed by atoms with E-state index in [1.165, 1.54) is 12.1 Å². The molecule has 0 spiro atoms. The molecule has 1 aromatic carbocycles. The molecule has 0 saturated carbocycles. The Hall–Kier alpha value is -1.29. The first kappa shape index (κ1) is 10.8. The van der Waals surface area contributed by atoms with Crippen LogP contribution in [0.1, 0.15) is 12.5 Å². The number of oxime groups is 1. The van der Waals surface area contributed by atoms with Crippen LogP contribution in [0.15, 0.2) is 17.3 Å². The highest BCUT2D eigenvalue weighted by Crippen LogP contribution is 2.28. The van der Waals surface area contributed by atoms with E-state index in [9.17, 15) is 4.39 Å². The summed E-state index contributed by atoms with van der Waals surface area (Å²) in [5.74, 6) is -0.557. The van der Waals surface area contributed by atoms with Crippen LogP contribution in [0.25, 0.3) is 0 Å². The van der Waals surface area contributed by atoms with Gasteiger partial charge in [-0.1, -0.05) is 16.8 Å². The maximum atomic E-state index is 13.3. The molecule has 3 nitrogen and oxygen atoms in total. The van der Waals surface area contributed by atoms with Gasteiger partial charge < -0.3 is 9.94 Å². The average molecular weight is 218 g/mol. The lowest BCUT2D eigenvalue weighted by molar-refractivity contribution is 0.320. The van der Waals surface area contributed by atoms with Crippen LogP contribution >= 0.6 is 11.6 Å². The van der Waals surface area contributed by atoms with Crippen molar-refractivity contribution in [2.75, 3.05) is 6.61 Å². The van der Waals surface area contributed by atoms with E-state index in [2.05, 4.69) is 5.16 Å². The maximum absolute atomic E-state index is 13.3. The Labute approximate surface area is 85.8 Å². The van der Waals surface area contributed by atoms with Crippen LogP contribution in [0.2, 0.25) is 5.02 Å². The molecular weight excluding hydrogens is 209 g/mol. The summed E-state index contributed by atoms with van der Waals surface area (Å²) in [7, 11) is 0. The molecule has 0 fully saturated rings. The quantitative estimate of drug-likeness (QED) is 0.481. The van der Waals surface area contributed by atoms with Crippen molar-refractivity contribution in [3.8, 4) is 5.75 Å². The van der Waals surface area contributed by atoms with Crippen molar-refractivity contribution >= 4 is 17.8 Å². The van der Waals surface area contributed by atoms with Gasteiger partial charge in [-0.25, -0.2) is 4.39 Å². The molecule has 14 heavy (non-hydrogen) atoms. The van der Waals surface area contributed by atoms with E-state index in [0.29, 0.717) is 12.2 Å². The first-order valence-corrected chi connectivity index (χ1v) is 4.36. The minimum Gasteiger partial charge on any atom is -0.489 e. The molecule has 0 atom stereocenters. The lowest BCUT2D eigenvalue weighted by atomic mass is 10.2. The summed E-state index contributed by atoms with van der Waals surface area (Å²) in [6.45, 7) is 2.07. The molecule has 0 aromatic heterocycles. The Balaban J connectivity index is 3.11. The second-order valence-corrected chi connectivity index (χ2v) is 2.90. The van der Waals surface area contributed by atoms with Crippen molar-refractivity contribution in [2.45, 2.75) is 6.92 Å². The first-order valence-electron chi connectivity index (χ1n) is 3.98. The van der Waals surface area contributed by atoms with E-state index in [1.54, 1.807) is 6.92 Å². The van der Waals surface area contributed by atoms with E-state index in [1.807, 2.05) is 0 Å². The normalized spacial score (nSPS) is 10.8. The lowest BCUT2D eigenvalue weighted by Gasteiger charge is -2.07. The fourth-order valence-electron chi connectivity index (χ4n) is 1.00. The van der Waals surface area contributed by atoms with Crippen molar-refractivity contribution in [2.24, 2.45) is 5.16 Å². The van der Waals surface area contributed by atoms with Crippen LogP contribution in [0.4, 0.5) is 4.39 Å². The van der Waals surface area contributed by atoms with Crippen molar-refractivity contribution in [3.63, 3.8) is 0 Å². The number of ether oxygens (including phenoxy) is 1. The standard InChI is InChI=1S/C9H9ClFNO2/c1-2-14-9-7(10)3-6(5-12-13)4-8(9)11/h3-5,13H,2H2,1H3/b12-5-. The van der Waals surface area contributed by atoms with Gasteiger partial charge in [0.05, 0.1) is 17.8 Å². The number of nitrogens with zero attached hydrogens (tertiary/aromatic N) is 1. The second-order valence-electron chi connectivity index (χ2n) is 2.49. The summed E-state index contributed by atoms with van der Waals surface area (Å²) in [4.78, 5) is 0. The smallest absolute Gasteiger partial charge is 0.173 e. The second kappa shape index (κ2) is 4.81. The van der Waals surface area contributed by atoms with Gasteiger partial charge in [-0.3, -0.25) is 0 Å². The summed E-state index contributed by atoms with van der Waals surface area (Å²) in [5.41, 5.74) is 0.374. The zero-order valence-electron chi connectivity index (χ0n) is 7.50. The van der Waals surface area contributed by atoms with E-state index in [-0.39, 0.29) is 10.8 Å². The van der Waals surface area contributed by atoms with Crippen LogP contribution < -0.4 is 4.74 Å². The minimum absolute atomic E-state index is 0.0178. The van der Waals surface area contributed by atoms with Crippen LogP contribution in [-0.4, -0.2) is 18.0 Å². The number of hydrogen-bond donors (Lipinski definition) is 1. The molecule has 1 aromatic rings. The average Bonchev–Trinajstić information content (AvgIpc) is 2.12. The molecule has 0 bridgehead atoms. The van der Waals surface area contributed by atoms with Gasteiger partial charge in [-0.2, -0.15) is 0 Å². The topological polar surface area (TPSA) is 41.8 Å². The van der Waals surface area contributed by atoms with Crippen molar-refractivity contribution < 1.29 is 14.3 Å². The van der Waals surface area contributed by atoms with Crippen molar-refractivity contribution in [1.82, 2.24) is 0 Å². The summed E-state index contributed by atoms with van der Waals surface area (Å²) in [5, 5.41) is 11.2. The zero-order valence-corrected chi connectivity index (χ0v) is 8.25. The number of halogens is 2. The van der Waals surface area contributed by atoms with Gasteiger partial charge in [0.1, 0.15) is 0 Å². The highest BCUT2D eigenvalue weighted by molar-refractivity contribution is 6.32. The lowest BCUT2D eigenvalue weighted by Crippen LogP contribution is -1.97. The van der Waals surface area contributed by atoms with Crippen LogP contribution in [0.3, 0.4) is 0 Å². The van der Waals surface area contributed by atoms with E-state index >= 15 is 0 Å². The van der Waals surface area contributed by atoms with E-state index in [4.69, 9.17) is 21.5 Å². The van der Waals surface area contributed by atoms with Gasteiger partial charge in [-0.05, 0) is 19.1 Å². The third kappa shape index (κ3) is 2.35. The molecule has 1 N–H and O–H groups in total. The number of hydrogen-bond acceptors (Lipinski definition) is 3. The summed E-state index contributed by atoms with van der Waals surface area (Å²) in [6.07, 6.45) is 1.09. The van der Waals surface area contributed by atoms with Crippen molar-refractivity contribution in [3.05, 3.63) is 28.5 Å². The third-order valence-electron chi connectivity index (χ3n) is 1.52. The molecular formula is C9H9ClFNO2. The molecule has 0 aliphatic carbocycles. The van der Waals surface area contributed by atoms with Gasteiger partial charge in [0, 0.05) is 5.56 Å². The highest BCUT2D eigenvalue weighted by Gasteiger charge is 2.09. The van der Waals surface area contributed by atoms with Gasteiger partial charge in [0.2, 0.25) is 0 Å². The molecule has 1 rings (SSSR count). The summed E-state index contributed by atoms with van der Waals surface area (Å²) in [6, 6.07) is 2.63. The van der Waals surface area contributed by atoms with Gasteiger partial charge >= 0.3 is 0 Å². The van der Waals surface area contributed by atoms with Crippen LogP contribution in [-0.2, 0) is 0 Å². The monoisotopic (exact) mass is 217 g/mol. The maximum Gasteiger partial charge on any atom is 0.173 e. The molecule has 76 valence electrons. The molecule has 0 radical (unpaired) electrons. The zero-order chi connectivity index (χ0) is 10.6. The van der Waals surface area contributed by atoms with E-state index < -0.39 is 5.82 Å². The molecule has 5 heteroatoms. The third-order valence-corrected chi connectivity index (χ3v) is 1.80. The number of benzene rings is 1. The van der Waals surface area contributed by atoms with Gasteiger partial charge in [0.25, 0.3) is 0 Å². The first-order chi connectivity index (χ1) is 6.69. The van der Waals surface area contributed by atoms with Crippen LogP contribution in [0.5, 0.6) is 5.75 Å². The predicted octanol–water partition coefficient (Wildman–Crippen LogP) is 2.69. The van der Waals surface area contributed by atoms with E-state index in [0.717, 1.165) is 6.21 Å². The minimum atomic E-state index is -0.575. The molecule has 0 aliphatic rings. The van der Waals surface area contributed by atoms with Crippen LogP contribution in [0, 0.1) is 5.82 Å². The molecule has 0 heterocycles. The highest BCUT2D eigenvalue weighted by atomic mass is 35.5. The number of rotatable bonds is 3. The Bertz CT molecular complexity index is 332. The largest absolute Gasteiger partial charge is 0.489 e. The Kier molecular flexibility index (Phi) is 3.71. The molecule has 0 amide bonds. The Morgan fingerprint density at radius 2 is 2.36 bits per heavy atom. The van der Waals surface area contributed by atoms with Gasteiger partial charge in [-0.15, -0.1) is 0 Å². The summed E-state index contributed by atoms with van der Waals surface area (Å²) >= 11 is 5.74. The fraction of sp³-hybridized carbons (Fsp3) is 0.222.